The molecule has 1 atom stereocenters. The molecular weight excluding hydrogens is 262 g/mol. The van der Waals surface area contributed by atoms with E-state index in [0.717, 1.165) is 15.6 Å². The number of carboxylic acid groups (broad SMARTS) is 1. The van der Waals surface area contributed by atoms with Gasteiger partial charge in [-0.25, -0.2) is 4.79 Å². The first kappa shape index (κ1) is 10.4. The molecule has 1 unspecified atom stereocenters. The molecule has 1 aromatic rings. The number of halogens is 1. The highest BCUT2D eigenvalue weighted by molar-refractivity contribution is 9.10. The summed E-state index contributed by atoms with van der Waals surface area (Å²) >= 11 is 3.36. The monoisotopic (exact) mass is 271 g/mol. The van der Waals surface area contributed by atoms with Crippen LogP contribution in [-0.4, -0.2) is 27.8 Å². The molecule has 0 spiro atoms. The van der Waals surface area contributed by atoms with Crippen molar-refractivity contribution in [3.63, 3.8) is 0 Å². The molecule has 0 radical (unpaired) electrons. The second-order valence-corrected chi connectivity index (χ2v) is 4.34. The molecular formula is C10H10BrNO3. The summed E-state index contributed by atoms with van der Waals surface area (Å²) in [6.07, 6.45) is -1.74. The SMILES string of the molecule is O=C(O)N1Cc2c(Br)cccc2C(O)C1. The van der Waals surface area contributed by atoms with E-state index in [4.69, 9.17) is 5.11 Å². The van der Waals surface area contributed by atoms with Crippen LogP contribution >= 0.6 is 15.9 Å². The summed E-state index contributed by atoms with van der Waals surface area (Å²) < 4.78 is 0.838. The molecule has 1 heterocycles. The Morgan fingerprint density at radius 3 is 2.93 bits per heavy atom. The molecule has 1 amide bonds. The third-order valence-corrected chi connectivity index (χ3v) is 3.27. The second-order valence-electron chi connectivity index (χ2n) is 3.49. The van der Waals surface area contributed by atoms with E-state index in [-0.39, 0.29) is 6.54 Å². The van der Waals surface area contributed by atoms with Crippen LogP contribution in [0.25, 0.3) is 0 Å². The summed E-state index contributed by atoms with van der Waals surface area (Å²) in [5.41, 5.74) is 1.65. The van der Waals surface area contributed by atoms with E-state index < -0.39 is 12.2 Å². The molecule has 0 saturated heterocycles. The van der Waals surface area contributed by atoms with Crippen molar-refractivity contribution in [1.29, 1.82) is 0 Å². The summed E-state index contributed by atoms with van der Waals surface area (Å²) in [5.74, 6) is 0. The van der Waals surface area contributed by atoms with Crippen LogP contribution in [-0.2, 0) is 6.54 Å². The van der Waals surface area contributed by atoms with E-state index in [2.05, 4.69) is 15.9 Å². The van der Waals surface area contributed by atoms with Crippen LogP contribution in [0.15, 0.2) is 22.7 Å². The number of rotatable bonds is 0. The average Bonchev–Trinajstić information content (AvgIpc) is 2.19. The lowest BCUT2D eigenvalue weighted by Crippen LogP contribution is -2.37. The minimum Gasteiger partial charge on any atom is -0.465 e. The maximum absolute atomic E-state index is 10.8. The summed E-state index contributed by atoms with van der Waals surface area (Å²) in [5, 5.41) is 18.7. The molecule has 0 aromatic heterocycles. The molecule has 1 aliphatic heterocycles. The molecule has 2 rings (SSSR count). The number of aliphatic hydroxyl groups excluding tert-OH is 1. The Morgan fingerprint density at radius 2 is 2.27 bits per heavy atom. The highest BCUT2D eigenvalue weighted by Gasteiger charge is 2.27. The van der Waals surface area contributed by atoms with Crippen LogP contribution in [0.5, 0.6) is 0 Å². The molecule has 80 valence electrons. The van der Waals surface area contributed by atoms with Gasteiger partial charge in [0.1, 0.15) is 0 Å². The standard InChI is InChI=1S/C10H10BrNO3/c11-8-3-1-2-6-7(8)4-12(10(14)15)5-9(6)13/h1-3,9,13H,4-5H2,(H,14,15). The predicted octanol–water partition coefficient (Wildman–Crippen LogP) is 1.98. The van der Waals surface area contributed by atoms with Gasteiger partial charge in [0.05, 0.1) is 19.2 Å². The minimum atomic E-state index is -1.00. The second kappa shape index (κ2) is 3.83. The topological polar surface area (TPSA) is 60.8 Å². The van der Waals surface area contributed by atoms with E-state index in [1.165, 1.54) is 4.90 Å². The van der Waals surface area contributed by atoms with Crippen LogP contribution in [0.4, 0.5) is 4.79 Å². The van der Waals surface area contributed by atoms with E-state index in [9.17, 15) is 9.90 Å². The van der Waals surface area contributed by atoms with Gasteiger partial charge in [-0.05, 0) is 17.2 Å². The number of aliphatic hydroxyl groups is 1. The summed E-state index contributed by atoms with van der Waals surface area (Å²) in [6, 6.07) is 5.50. The molecule has 0 saturated carbocycles. The van der Waals surface area contributed by atoms with Gasteiger partial charge in [-0.2, -0.15) is 0 Å². The Morgan fingerprint density at radius 1 is 1.53 bits per heavy atom. The molecule has 0 fully saturated rings. The van der Waals surface area contributed by atoms with E-state index in [0.29, 0.717) is 6.54 Å². The van der Waals surface area contributed by atoms with Gasteiger partial charge in [-0.1, -0.05) is 28.1 Å². The van der Waals surface area contributed by atoms with Crippen molar-refractivity contribution in [2.45, 2.75) is 12.6 Å². The van der Waals surface area contributed by atoms with Crippen LogP contribution in [0.3, 0.4) is 0 Å². The first-order chi connectivity index (χ1) is 7.09. The van der Waals surface area contributed by atoms with Gasteiger partial charge >= 0.3 is 6.09 Å². The number of fused-ring (bicyclic) bond motifs is 1. The van der Waals surface area contributed by atoms with Gasteiger partial charge in [0.25, 0.3) is 0 Å². The molecule has 1 aromatic carbocycles. The Hall–Kier alpha value is -1.07. The quantitative estimate of drug-likeness (QED) is 0.759. The van der Waals surface area contributed by atoms with E-state index in [1.807, 2.05) is 18.2 Å². The van der Waals surface area contributed by atoms with Gasteiger partial charge in [0.15, 0.2) is 0 Å². The molecule has 2 N–H and O–H groups in total. The fourth-order valence-corrected chi connectivity index (χ4v) is 2.27. The minimum absolute atomic E-state index is 0.138. The predicted molar refractivity (Wildman–Crippen MR) is 57.5 cm³/mol. The lowest BCUT2D eigenvalue weighted by molar-refractivity contribution is 0.0816. The number of amides is 1. The van der Waals surface area contributed by atoms with Gasteiger partial charge in [-0.15, -0.1) is 0 Å². The lowest BCUT2D eigenvalue weighted by atomic mass is 9.98. The largest absolute Gasteiger partial charge is 0.465 e. The van der Waals surface area contributed by atoms with Gasteiger partial charge in [0, 0.05) is 4.47 Å². The third kappa shape index (κ3) is 1.85. The van der Waals surface area contributed by atoms with E-state index >= 15 is 0 Å². The third-order valence-electron chi connectivity index (χ3n) is 2.53. The zero-order valence-electron chi connectivity index (χ0n) is 7.85. The van der Waals surface area contributed by atoms with Gasteiger partial charge < -0.3 is 15.1 Å². The first-order valence-corrected chi connectivity index (χ1v) is 5.32. The Balaban J connectivity index is 2.41. The normalized spacial score (nSPS) is 19.9. The van der Waals surface area contributed by atoms with Crippen molar-refractivity contribution in [3.05, 3.63) is 33.8 Å². The summed E-state index contributed by atoms with van der Waals surface area (Å²) in [6.45, 7) is 0.460. The van der Waals surface area contributed by atoms with Crippen molar-refractivity contribution < 1.29 is 15.0 Å². The number of hydrogen-bond donors (Lipinski definition) is 2. The van der Waals surface area contributed by atoms with Crippen LogP contribution in [0, 0.1) is 0 Å². The zero-order chi connectivity index (χ0) is 11.0. The van der Waals surface area contributed by atoms with Crippen molar-refractivity contribution in [1.82, 2.24) is 4.90 Å². The zero-order valence-corrected chi connectivity index (χ0v) is 9.44. The molecule has 4 nitrogen and oxygen atoms in total. The van der Waals surface area contributed by atoms with Gasteiger partial charge in [0.2, 0.25) is 0 Å². The number of hydrogen-bond acceptors (Lipinski definition) is 2. The Kier molecular flexibility index (Phi) is 2.67. The molecule has 1 aliphatic rings. The molecule has 15 heavy (non-hydrogen) atoms. The number of benzene rings is 1. The highest BCUT2D eigenvalue weighted by Crippen LogP contribution is 2.31. The lowest BCUT2D eigenvalue weighted by Gasteiger charge is -2.30. The van der Waals surface area contributed by atoms with Crippen molar-refractivity contribution in [2.75, 3.05) is 6.54 Å². The fourth-order valence-electron chi connectivity index (χ4n) is 1.76. The van der Waals surface area contributed by atoms with Crippen LogP contribution in [0.2, 0.25) is 0 Å². The Bertz CT molecular complexity index is 408. The van der Waals surface area contributed by atoms with E-state index in [1.54, 1.807) is 0 Å². The van der Waals surface area contributed by atoms with Crippen molar-refractivity contribution in [3.8, 4) is 0 Å². The smallest absolute Gasteiger partial charge is 0.407 e. The number of carbonyl (C=O) groups is 1. The Labute approximate surface area is 95.3 Å². The van der Waals surface area contributed by atoms with Crippen molar-refractivity contribution >= 4 is 22.0 Å². The molecule has 5 heteroatoms. The number of nitrogens with zero attached hydrogens (tertiary/aromatic N) is 1. The average molecular weight is 272 g/mol. The summed E-state index contributed by atoms with van der Waals surface area (Å²) in [4.78, 5) is 12.0. The molecule has 0 aliphatic carbocycles. The fraction of sp³-hybridized carbons (Fsp3) is 0.300. The van der Waals surface area contributed by atoms with Crippen LogP contribution in [0.1, 0.15) is 17.2 Å². The van der Waals surface area contributed by atoms with Crippen LogP contribution < -0.4 is 0 Å². The maximum Gasteiger partial charge on any atom is 0.407 e. The molecule has 0 bridgehead atoms. The van der Waals surface area contributed by atoms with Crippen molar-refractivity contribution in [2.24, 2.45) is 0 Å². The maximum atomic E-state index is 10.8. The first-order valence-electron chi connectivity index (χ1n) is 4.53. The van der Waals surface area contributed by atoms with Gasteiger partial charge in [-0.3, -0.25) is 0 Å². The summed E-state index contributed by atoms with van der Waals surface area (Å²) in [7, 11) is 0. The number of β-amino-alcohol motifs (C(OH)–C–C–N with tert-alkyl or cyclic N) is 1. The highest BCUT2D eigenvalue weighted by atomic mass is 79.9.